The van der Waals surface area contributed by atoms with Crippen LogP contribution in [0.15, 0.2) is 18.2 Å². The van der Waals surface area contributed by atoms with E-state index in [-0.39, 0.29) is 11.8 Å². The molecule has 20 heavy (non-hydrogen) atoms. The van der Waals surface area contributed by atoms with Crippen molar-refractivity contribution in [1.29, 1.82) is 0 Å². The van der Waals surface area contributed by atoms with Gasteiger partial charge in [0.1, 0.15) is 0 Å². The zero-order valence-corrected chi connectivity index (χ0v) is 12.0. The molecule has 108 valence electrons. The van der Waals surface area contributed by atoms with E-state index in [0.29, 0.717) is 18.5 Å². The summed E-state index contributed by atoms with van der Waals surface area (Å²) >= 11 is 0. The standard InChI is InChI=1S/C15H21N3O2/c1-18(2)14(19)8-10-17-15(20)12-5-3-7-13-11(12)6-4-9-16-13/h3,5,7,16H,4,6,8-10H2,1-2H3,(H,17,20). The van der Waals surface area contributed by atoms with Crippen LogP contribution in [0, 0.1) is 0 Å². The van der Waals surface area contributed by atoms with Crippen molar-refractivity contribution in [3.8, 4) is 0 Å². The van der Waals surface area contributed by atoms with E-state index >= 15 is 0 Å². The number of rotatable bonds is 4. The summed E-state index contributed by atoms with van der Waals surface area (Å²) in [5, 5.41) is 6.13. The molecule has 0 unspecified atom stereocenters. The summed E-state index contributed by atoms with van der Waals surface area (Å²) < 4.78 is 0. The molecule has 0 atom stereocenters. The van der Waals surface area contributed by atoms with E-state index in [9.17, 15) is 9.59 Å². The van der Waals surface area contributed by atoms with Crippen LogP contribution in [-0.2, 0) is 11.2 Å². The Morgan fingerprint density at radius 2 is 2.15 bits per heavy atom. The summed E-state index contributed by atoms with van der Waals surface area (Å²) in [5.74, 6) is -0.0841. The van der Waals surface area contributed by atoms with Gasteiger partial charge in [0, 0.05) is 44.9 Å². The highest BCUT2D eigenvalue weighted by atomic mass is 16.2. The molecule has 2 rings (SSSR count). The summed E-state index contributed by atoms with van der Waals surface area (Å²) in [6.07, 6.45) is 2.28. The normalized spacial score (nSPS) is 13.1. The van der Waals surface area contributed by atoms with E-state index in [4.69, 9.17) is 0 Å². The van der Waals surface area contributed by atoms with Crippen LogP contribution in [0.4, 0.5) is 5.69 Å². The van der Waals surface area contributed by atoms with Gasteiger partial charge in [0.05, 0.1) is 0 Å². The van der Waals surface area contributed by atoms with Crippen molar-refractivity contribution in [2.45, 2.75) is 19.3 Å². The Kier molecular flexibility index (Phi) is 4.61. The number of carbonyl (C=O) groups is 2. The third-order valence-electron chi connectivity index (χ3n) is 3.46. The van der Waals surface area contributed by atoms with Gasteiger partial charge < -0.3 is 15.5 Å². The van der Waals surface area contributed by atoms with Gasteiger partial charge in [0.15, 0.2) is 0 Å². The quantitative estimate of drug-likeness (QED) is 0.869. The molecule has 1 aliphatic rings. The molecule has 1 aliphatic heterocycles. The van der Waals surface area contributed by atoms with Crippen LogP contribution in [0.5, 0.6) is 0 Å². The number of fused-ring (bicyclic) bond motifs is 1. The molecule has 0 aliphatic carbocycles. The summed E-state index contributed by atoms with van der Waals surface area (Å²) in [4.78, 5) is 25.2. The van der Waals surface area contributed by atoms with Gasteiger partial charge in [-0.2, -0.15) is 0 Å². The van der Waals surface area contributed by atoms with Gasteiger partial charge >= 0.3 is 0 Å². The van der Waals surface area contributed by atoms with Crippen LogP contribution in [0.3, 0.4) is 0 Å². The van der Waals surface area contributed by atoms with Gasteiger partial charge in [-0.25, -0.2) is 0 Å². The number of anilines is 1. The summed E-state index contributed by atoms with van der Waals surface area (Å²) in [6, 6.07) is 5.73. The highest BCUT2D eigenvalue weighted by Crippen LogP contribution is 2.25. The third kappa shape index (κ3) is 3.29. The predicted molar refractivity (Wildman–Crippen MR) is 78.9 cm³/mol. The first kappa shape index (κ1) is 14.4. The molecule has 0 fully saturated rings. The Bertz CT molecular complexity index is 512. The van der Waals surface area contributed by atoms with Crippen LogP contribution in [0.25, 0.3) is 0 Å². The molecular formula is C15H21N3O2. The summed E-state index contributed by atoms with van der Waals surface area (Å²) in [5.41, 5.74) is 2.84. The lowest BCUT2D eigenvalue weighted by Crippen LogP contribution is -2.31. The second-order valence-electron chi connectivity index (χ2n) is 5.16. The topological polar surface area (TPSA) is 61.4 Å². The Balaban J connectivity index is 1.98. The molecular weight excluding hydrogens is 254 g/mol. The lowest BCUT2D eigenvalue weighted by atomic mass is 9.97. The van der Waals surface area contributed by atoms with Crippen molar-refractivity contribution in [2.75, 3.05) is 32.5 Å². The summed E-state index contributed by atoms with van der Waals surface area (Å²) in [7, 11) is 3.42. The number of hydrogen-bond donors (Lipinski definition) is 2. The van der Waals surface area contributed by atoms with Gasteiger partial charge in [-0.3, -0.25) is 9.59 Å². The number of carbonyl (C=O) groups excluding carboxylic acids is 2. The molecule has 1 aromatic rings. The van der Waals surface area contributed by atoms with Crippen molar-refractivity contribution in [2.24, 2.45) is 0 Å². The molecule has 0 aromatic heterocycles. The first-order valence-corrected chi connectivity index (χ1v) is 6.93. The molecule has 1 heterocycles. The first-order chi connectivity index (χ1) is 9.59. The average Bonchev–Trinajstić information content (AvgIpc) is 2.46. The Morgan fingerprint density at radius 1 is 1.35 bits per heavy atom. The van der Waals surface area contributed by atoms with E-state index < -0.39 is 0 Å². The van der Waals surface area contributed by atoms with Gasteiger partial charge in [-0.1, -0.05) is 6.07 Å². The van der Waals surface area contributed by atoms with Crippen molar-refractivity contribution < 1.29 is 9.59 Å². The maximum Gasteiger partial charge on any atom is 0.251 e. The number of nitrogens with one attached hydrogen (secondary N) is 2. The van der Waals surface area contributed by atoms with Crippen LogP contribution in [0.1, 0.15) is 28.8 Å². The van der Waals surface area contributed by atoms with E-state index in [2.05, 4.69) is 10.6 Å². The van der Waals surface area contributed by atoms with Crippen molar-refractivity contribution >= 4 is 17.5 Å². The van der Waals surface area contributed by atoms with Crippen molar-refractivity contribution in [3.05, 3.63) is 29.3 Å². The van der Waals surface area contributed by atoms with Crippen molar-refractivity contribution in [1.82, 2.24) is 10.2 Å². The summed E-state index contributed by atoms with van der Waals surface area (Å²) in [6.45, 7) is 1.32. The van der Waals surface area contributed by atoms with Crippen LogP contribution in [-0.4, -0.2) is 43.9 Å². The number of nitrogens with zero attached hydrogens (tertiary/aromatic N) is 1. The van der Waals surface area contributed by atoms with Gasteiger partial charge in [-0.15, -0.1) is 0 Å². The highest BCUT2D eigenvalue weighted by Gasteiger charge is 2.17. The smallest absolute Gasteiger partial charge is 0.251 e. The minimum atomic E-state index is -0.0999. The number of amides is 2. The molecule has 5 heteroatoms. The number of benzene rings is 1. The SMILES string of the molecule is CN(C)C(=O)CCNC(=O)c1cccc2c1CCCN2. The minimum absolute atomic E-state index is 0.0158. The molecule has 2 amide bonds. The molecule has 0 bridgehead atoms. The zero-order valence-electron chi connectivity index (χ0n) is 12.0. The monoisotopic (exact) mass is 275 g/mol. The van der Waals surface area contributed by atoms with E-state index in [0.717, 1.165) is 30.6 Å². The first-order valence-electron chi connectivity index (χ1n) is 6.93. The van der Waals surface area contributed by atoms with Crippen LogP contribution < -0.4 is 10.6 Å². The van der Waals surface area contributed by atoms with Crippen molar-refractivity contribution in [3.63, 3.8) is 0 Å². The van der Waals surface area contributed by atoms with Crippen LogP contribution >= 0.6 is 0 Å². The van der Waals surface area contributed by atoms with Gasteiger partial charge in [0.2, 0.25) is 5.91 Å². The van der Waals surface area contributed by atoms with Crippen LogP contribution in [0.2, 0.25) is 0 Å². The second-order valence-corrected chi connectivity index (χ2v) is 5.16. The fraction of sp³-hybridized carbons (Fsp3) is 0.467. The lowest BCUT2D eigenvalue weighted by molar-refractivity contribution is -0.128. The van der Waals surface area contributed by atoms with E-state index in [1.54, 1.807) is 14.1 Å². The largest absolute Gasteiger partial charge is 0.385 e. The van der Waals surface area contributed by atoms with Gasteiger partial charge in [-0.05, 0) is 30.5 Å². The Labute approximate surface area is 119 Å². The maximum atomic E-state index is 12.2. The highest BCUT2D eigenvalue weighted by molar-refractivity contribution is 5.97. The molecule has 5 nitrogen and oxygen atoms in total. The van der Waals surface area contributed by atoms with E-state index in [1.807, 2.05) is 18.2 Å². The predicted octanol–water partition coefficient (Wildman–Crippen LogP) is 1.25. The maximum absolute atomic E-state index is 12.2. The van der Waals surface area contributed by atoms with Gasteiger partial charge in [0.25, 0.3) is 5.91 Å². The minimum Gasteiger partial charge on any atom is -0.385 e. The molecule has 0 saturated heterocycles. The Morgan fingerprint density at radius 3 is 2.90 bits per heavy atom. The average molecular weight is 275 g/mol. The van der Waals surface area contributed by atoms with E-state index in [1.165, 1.54) is 4.90 Å². The lowest BCUT2D eigenvalue weighted by Gasteiger charge is -2.20. The zero-order chi connectivity index (χ0) is 14.5. The fourth-order valence-electron chi connectivity index (χ4n) is 2.32. The fourth-order valence-corrected chi connectivity index (χ4v) is 2.32. The molecule has 0 radical (unpaired) electrons. The Hall–Kier alpha value is -2.04. The number of hydrogen-bond acceptors (Lipinski definition) is 3. The molecule has 0 saturated carbocycles. The molecule has 2 N–H and O–H groups in total. The third-order valence-corrected chi connectivity index (χ3v) is 3.46. The molecule has 0 spiro atoms. The second kappa shape index (κ2) is 6.41. The molecule has 1 aromatic carbocycles.